The van der Waals surface area contributed by atoms with Crippen molar-refractivity contribution < 1.29 is 24.1 Å². The lowest BCUT2D eigenvalue weighted by molar-refractivity contribution is -0.144. The number of pyridine rings is 1. The van der Waals surface area contributed by atoms with Gasteiger partial charge in [0.2, 0.25) is 0 Å². The Bertz CT molecular complexity index is 649. The van der Waals surface area contributed by atoms with E-state index in [0.29, 0.717) is 16.8 Å². The Morgan fingerprint density at radius 3 is 2.89 bits per heavy atom. The SMILES string of the molecule is Cc1cc(C(=O)NOCC(=O)O)c2c(C)noc2n1. The molecule has 1 amide bonds. The molecule has 2 rings (SSSR count). The lowest BCUT2D eigenvalue weighted by Gasteiger charge is -2.05. The summed E-state index contributed by atoms with van der Waals surface area (Å²) in [6, 6.07) is 1.55. The van der Waals surface area contributed by atoms with Crippen LogP contribution in [0.15, 0.2) is 10.6 Å². The predicted molar refractivity (Wildman–Crippen MR) is 62.3 cm³/mol. The molecule has 0 radical (unpaired) electrons. The van der Waals surface area contributed by atoms with Gasteiger partial charge in [-0.25, -0.2) is 15.3 Å². The van der Waals surface area contributed by atoms with E-state index in [0.717, 1.165) is 0 Å². The van der Waals surface area contributed by atoms with Crippen molar-refractivity contribution in [3.05, 3.63) is 23.0 Å². The average Bonchev–Trinajstić information content (AvgIpc) is 2.69. The van der Waals surface area contributed by atoms with Crippen LogP contribution < -0.4 is 5.48 Å². The standard InChI is InChI=1S/C11H11N3O5/c1-5-3-7(10(17)14-18-4-8(15)16)9-6(2)13-19-11(9)12-5/h3H,4H2,1-2H3,(H,14,17)(H,15,16). The molecule has 0 aliphatic carbocycles. The van der Waals surface area contributed by atoms with E-state index in [9.17, 15) is 9.59 Å². The number of carbonyl (C=O) groups is 2. The smallest absolute Gasteiger partial charge is 0.332 e. The Kier molecular flexibility index (Phi) is 3.43. The van der Waals surface area contributed by atoms with Crippen molar-refractivity contribution in [1.29, 1.82) is 0 Å². The number of carboxylic acid groups (broad SMARTS) is 1. The molecule has 2 heterocycles. The molecule has 0 saturated carbocycles. The summed E-state index contributed by atoms with van der Waals surface area (Å²) in [5.74, 6) is -1.76. The van der Waals surface area contributed by atoms with Gasteiger partial charge in [-0.2, -0.15) is 0 Å². The van der Waals surface area contributed by atoms with Gasteiger partial charge in [0.05, 0.1) is 16.6 Å². The molecule has 0 fully saturated rings. The molecule has 2 aromatic rings. The van der Waals surface area contributed by atoms with Crippen molar-refractivity contribution in [1.82, 2.24) is 15.6 Å². The van der Waals surface area contributed by atoms with Gasteiger partial charge in [-0.05, 0) is 19.9 Å². The predicted octanol–water partition coefficient (Wildman–Crippen LogP) is 0.586. The fourth-order valence-corrected chi connectivity index (χ4v) is 1.62. The quantitative estimate of drug-likeness (QED) is 0.777. The van der Waals surface area contributed by atoms with Crippen LogP contribution in [0.2, 0.25) is 0 Å². The minimum Gasteiger partial charge on any atom is -0.479 e. The number of nitrogens with zero attached hydrogens (tertiary/aromatic N) is 2. The molecule has 0 aromatic carbocycles. The number of hydroxylamine groups is 1. The summed E-state index contributed by atoms with van der Waals surface area (Å²) in [4.78, 5) is 30.9. The van der Waals surface area contributed by atoms with Gasteiger partial charge in [0, 0.05) is 5.69 Å². The Morgan fingerprint density at radius 1 is 1.47 bits per heavy atom. The molecule has 0 spiro atoms. The number of hydrogen-bond acceptors (Lipinski definition) is 6. The highest BCUT2D eigenvalue weighted by Gasteiger charge is 2.18. The van der Waals surface area contributed by atoms with E-state index < -0.39 is 18.5 Å². The van der Waals surface area contributed by atoms with E-state index >= 15 is 0 Å². The Hall–Kier alpha value is -2.48. The Morgan fingerprint density at radius 2 is 2.21 bits per heavy atom. The number of nitrogens with one attached hydrogen (secondary N) is 1. The van der Waals surface area contributed by atoms with Gasteiger partial charge in [0.1, 0.15) is 0 Å². The molecular formula is C11H11N3O5. The maximum atomic E-state index is 11.9. The van der Waals surface area contributed by atoms with Gasteiger partial charge in [-0.3, -0.25) is 9.63 Å². The number of rotatable bonds is 4. The molecule has 0 atom stereocenters. The van der Waals surface area contributed by atoms with Gasteiger partial charge in [-0.15, -0.1) is 0 Å². The van der Waals surface area contributed by atoms with Gasteiger partial charge < -0.3 is 9.63 Å². The third kappa shape index (κ3) is 2.68. The maximum Gasteiger partial charge on any atom is 0.332 e. The molecule has 0 unspecified atom stereocenters. The highest BCUT2D eigenvalue weighted by atomic mass is 16.7. The van der Waals surface area contributed by atoms with Crippen LogP contribution in [0.3, 0.4) is 0 Å². The third-order valence-electron chi connectivity index (χ3n) is 2.35. The molecule has 8 heteroatoms. The molecule has 0 aliphatic rings. The van der Waals surface area contributed by atoms with Crippen LogP contribution in [-0.4, -0.2) is 33.7 Å². The summed E-state index contributed by atoms with van der Waals surface area (Å²) in [7, 11) is 0. The summed E-state index contributed by atoms with van der Waals surface area (Å²) < 4.78 is 4.99. The number of carbonyl (C=O) groups excluding carboxylic acids is 1. The van der Waals surface area contributed by atoms with Gasteiger partial charge in [0.25, 0.3) is 11.6 Å². The van der Waals surface area contributed by atoms with Crippen LogP contribution in [0.4, 0.5) is 0 Å². The van der Waals surface area contributed by atoms with Gasteiger partial charge in [-0.1, -0.05) is 5.16 Å². The van der Waals surface area contributed by atoms with E-state index in [2.05, 4.69) is 15.0 Å². The molecule has 8 nitrogen and oxygen atoms in total. The molecule has 0 aliphatic heterocycles. The van der Waals surface area contributed by atoms with Crippen molar-refractivity contribution in [2.45, 2.75) is 13.8 Å². The third-order valence-corrected chi connectivity index (χ3v) is 2.35. The van der Waals surface area contributed by atoms with Gasteiger partial charge in [0.15, 0.2) is 6.61 Å². The summed E-state index contributed by atoms with van der Waals surface area (Å²) in [6.45, 7) is 2.76. The number of aromatic nitrogens is 2. The van der Waals surface area contributed by atoms with Crippen molar-refractivity contribution in [2.24, 2.45) is 0 Å². The van der Waals surface area contributed by atoms with Crippen molar-refractivity contribution in [2.75, 3.05) is 6.61 Å². The monoisotopic (exact) mass is 265 g/mol. The fraction of sp³-hybridized carbons (Fsp3) is 0.273. The van der Waals surface area contributed by atoms with Crippen LogP contribution >= 0.6 is 0 Å². The molecule has 2 N–H and O–H groups in total. The first-order chi connectivity index (χ1) is 8.99. The van der Waals surface area contributed by atoms with E-state index in [1.165, 1.54) is 0 Å². The van der Waals surface area contributed by atoms with Crippen molar-refractivity contribution >= 4 is 23.0 Å². The topological polar surface area (TPSA) is 115 Å². The summed E-state index contributed by atoms with van der Waals surface area (Å²) in [6.07, 6.45) is 0. The average molecular weight is 265 g/mol. The fourth-order valence-electron chi connectivity index (χ4n) is 1.62. The van der Waals surface area contributed by atoms with Gasteiger partial charge >= 0.3 is 5.97 Å². The first kappa shape index (κ1) is 13.0. The molecular weight excluding hydrogens is 254 g/mol. The van der Waals surface area contributed by atoms with Crippen LogP contribution in [0.25, 0.3) is 11.1 Å². The number of aliphatic carboxylic acids is 1. The van der Waals surface area contributed by atoms with Crippen molar-refractivity contribution in [3.8, 4) is 0 Å². The molecule has 0 saturated heterocycles. The Labute approximate surface area is 107 Å². The molecule has 0 bridgehead atoms. The second-order valence-corrected chi connectivity index (χ2v) is 3.87. The molecule has 100 valence electrons. The maximum absolute atomic E-state index is 11.9. The largest absolute Gasteiger partial charge is 0.479 e. The normalized spacial score (nSPS) is 10.6. The van der Waals surface area contributed by atoms with Crippen LogP contribution in [0.1, 0.15) is 21.7 Å². The van der Waals surface area contributed by atoms with Crippen LogP contribution in [-0.2, 0) is 9.63 Å². The highest BCUT2D eigenvalue weighted by Crippen LogP contribution is 2.21. The number of aryl methyl sites for hydroxylation is 2. The zero-order valence-electron chi connectivity index (χ0n) is 10.3. The number of amides is 1. The first-order valence-corrected chi connectivity index (χ1v) is 5.36. The summed E-state index contributed by atoms with van der Waals surface area (Å²) >= 11 is 0. The van der Waals surface area contributed by atoms with Crippen molar-refractivity contribution in [3.63, 3.8) is 0 Å². The van der Waals surface area contributed by atoms with E-state index in [-0.39, 0.29) is 11.3 Å². The second-order valence-electron chi connectivity index (χ2n) is 3.87. The zero-order chi connectivity index (χ0) is 14.0. The van der Waals surface area contributed by atoms with E-state index in [4.69, 9.17) is 9.63 Å². The number of fused-ring (bicyclic) bond motifs is 1. The number of carboxylic acids is 1. The lowest BCUT2D eigenvalue weighted by Crippen LogP contribution is -2.27. The summed E-state index contributed by atoms with van der Waals surface area (Å²) in [5, 5.41) is 12.6. The summed E-state index contributed by atoms with van der Waals surface area (Å²) in [5.41, 5.74) is 3.67. The second kappa shape index (κ2) is 5.02. The number of hydrogen-bond donors (Lipinski definition) is 2. The van der Waals surface area contributed by atoms with Crippen LogP contribution in [0.5, 0.6) is 0 Å². The molecule has 19 heavy (non-hydrogen) atoms. The van der Waals surface area contributed by atoms with Crippen LogP contribution in [0, 0.1) is 13.8 Å². The minimum absolute atomic E-state index is 0.251. The highest BCUT2D eigenvalue weighted by molar-refractivity contribution is 6.05. The lowest BCUT2D eigenvalue weighted by atomic mass is 10.1. The first-order valence-electron chi connectivity index (χ1n) is 5.36. The van der Waals surface area contributed by atoms with E-state index in [1.54, 1.807) is 19.9 Å². The minimum atomic E-state index is -1.18. The van der Waals surface area contributed by atoms with E-state index in [1.807, 2.05) is 5.48 Å². The molecule has 2 aromatic heterocycles. The zero-order valence-corrected chi connectivity index (χ0v) is 10.3. The Balaban J connectivity index is 2.30.